The Bertz CT molecular complexity index is 1000. The molecule has 2 fully saturated rings. The first-order chi connectivity index (χ1) is 13.7. The molecule has 1 spiro atoms. The quantitative estimate of drug-likeness (QED) is 0.730. The number of benzene rings is 1. The van der Waals surface area contributed by atoms with E-state index in [0.29, 0.717) is 6.67 Å². The van der Waals surface area contributed by atoms with Crippen LogP contribution in [0.4, 0.5) is 18.9 Å². The van der Waals surface area contributed by atoms with E-state index in [2.05, 4.69) is 21.7 Å². The zero-order chi connectivity index (χ0) is 20.9. The normalized spacial score (nSPS) is 19.1. The van der Waals surface area contributed by atoms with Crippen LogP contribution in [0.5, 0.6) is 0 Å². The van der Waals surface area contributed by atoms with Crippen LogP contribution < -0.4 is 4.90 Å². The van der Waals surface area contributed by atoms with Gasteiger partial charge in [-0.2, -0.15) is 13.2 Å². The number of halogens is 3. The summed E-state index contributed by atoms with van der Waals surface area (Å²) in [5.74, 6) is 0. The lowest BCUT2D eigenvalue weighted by Gasteiger charge is -2.23. The Kier molecular flexibility index (Phi) is 4.85. The first-order valence-electron chi connectivity index (χ1n) is 9.49. The molecule has 2 aliphatic rings. The molecule has 9 heteroatoms. The average molecular weight is 425 g/mol. The maximum atomic E-state index is 12.7. The van der Waals surface area contributed by atoms with E-state index in [1.165, 1.54) is 23.3 Å². The smallest absolute Gasteiger partial charge is 0.357 e. The molecule has 1 aromatic heterocycles. The molecule has 0 radical (unpaired) electrons. The number of hydrogen-bond donors (Lipinski definition) is 0. The summed E-state index contributed by atoms with van der Waals surface area (Å²) in [6, 6.07) is 7.04. The average Bonchev–Trinajstić information content (AvgIpc) is 3.38. The minimum atomic E-state index is -5.32. The van der Waals surface area contributed by atoms with Crippen molar-refractivity contribution in [1.82, 2.24) is 9.88 Å². The van der Waals surface area contributed by atoms with Crippen LogP contribution in [-0.4, -0.2) is 42.6 Å². The Morgan fingerprint density at radius 2 is 1.79 bits per heavy atom. The fraction of sp³-hybridized carbons (Fsp3) is 0.450. The van der Waals surface area contributed by atoms with Gasteiger partial charge in [0, 0.05) is 36.7 Å². The highest BCUT2D eigenvalue weighted by Gasteiger charge is 2.53. The molecule has 5 nitrogen and oxygen atoms in total. The van der Waals surface area contributed by atoms with Crippen LogP contribution in [0.25, 0.3) is 0 Å². The van der Waals surface area contributed by atoms with E-state index >= 15 is 0 Å². The van der Waals surface area contributed by atoms with Gasteiger partial charge in [0.25, 0.3) is 9.84 Å². The van der Waals surface area contributed by atoms with E-state index in [9.17, 15) is 21.6 Å². The minimum Gasteiger partial charge on any atom is -0.357 e. The highest BCUT2D eigenvalue weighted by molar-refractivity contribution is 7.92. The SMILES string of the molecule is CCc1cnccc1CN1CN(c2ccc(S(=O)(=O)C(F)(F)F)cc2)CC12CC2. The molecule has 1 aliphatic heterocycles. The lowest BCUT2D eigenvalue weighted by Crippen LogP contribution is -2.32. The highest BCUT2D eigenvalue weighted by atomic mass is 32.2. The van der Waals surface area contributed by atoms with Crippen molar-refractivity contribution < 1.29 is 21.6 Å². The second-order valence-corrected chi connectivity index (χ2v) is 9.64. The van der Waals surface area contributed by atoms with Crippen LogP contribution in [0.3, 0.4) is 0 Å². The molecular formula is C20H22F3N3O2S. The summed E-state index contributed by atoms with van der Waals surface area (Å²) in [4.78, 5) is 7.97. The summed E-state index contributed by atoms with van der Waals surface area (Å²) in [5.41, 5.74) is -2.03. The van der Waals surface area contributed by atoms with Gasteiger partial charge in [-0.1, -0.05) is 6.92 Å². The zero-order valence-corrected chi connectivity index (χ0v) is 16.8. The highest BCUT2D eigenvalue weighted by Crippen LogP contribution is 2.48. The van der Waals surface area contributed by atoms with Gasteiger partial charge in [-0.25, -0.2) is 8.42 Å². The summed E-state index contributed by atoms with van der Waals surface area (Å²) in [5, 5.41) is 0. The van der Waals surface area contributed by atoms with E-state index in [1.807, 2.05) is 12.3 Å². The van der Waals surface area contributed by atoms with Gasteiger partial charge in [-0.05, 0) is 60.7 Å². The molecule has 0 unspecified atom stereocenters. The zero-order valence-electron chi connectivity index (χ0n) is 16.0. The summed E-state index contributed by atoms with van der Waals surface area (Å²) in [7, 11) is -5.32. The molecular weight excluding hydrogens is 403 g/mol. The molecule has 2 heterocycles. The van der Waals surface area contributed by atoms with Crippen LogP contribution in [-0.2, 0) is 22.8 Å². The van der Waals surface area contributed by atoms with Crippen molar-refractivity contribution in [2.45, 2.75) is 48.7 Å². The van der Waals surface area contributed by atoms with Gasteiger partial charge in [0.2, 0.25) is 0 Å². The van der Waals surface area contributed by atoms with Crippen LogP contribution in [0, 0.1) is 0 Å². The maximum Gasteiger partial charge on any atom is 0.501 e. The molecule has 1 aliphatic carbocycles. The molecule has 2 aromatic rings. The van der Waals surface area contributed by atoms with Crippen LogP contribution >= 0.6 is 0 Å². The van der Waals surface area contributed by atoms with Crippen molar-refractivity contribution in [2.24, 2.45) is 0 Å². The van der Waals surface area contributed by atoms with E-state index < -0.39 is 20.2 Å². The topological polar surface area (TPSA) is 53.5 Å². The predicted octanol–water partition coefficient (Wildman–Crippen LogP) is 3.75. The van der Waals surface area contributed by atoms with Gasteiger partial charge in [-0.3, -0.25) is 9.88 Å². The Morgan fingerprint density at radius 1 is 1.10 bits per heavy atom. The number of nitrogens with zero attached hydrogens (tertiary/aromatic N) is 3. The predicted molar refractivity (Wildman–Crippen MR) is 103 cm³/mol. The second-order valence-electron chi connectivity index (χ2n) is 7.70. The molecule has 156 valence electrons. The number of aromatic nitrogens is 1. The molecule has 0 bridgehead atoms. The number of pyridine rings is 1. The van der Waals surface area contributed by atoms with Gasteiger partial charge in [-0.15, -0.1) is 0 Å². The fourth-order valence-electron chi connectivity index (χ4n) is 3.97. The van der Waals surface area contributed by atoms with Crippen LogP contribution in [0.1, 0.15) is 30.9 Å². The van der Waals surface area contributed by atoms with Crippen molar-refractivity contribution in [3.63, 3.8) is 0 Å². The van der Waals surface area contributed by atoms with Crippen LogP contribution in [0.2, 0.25) is 0 Å². The number of alkyl halides is 3. The summed E-state index contributed by atoms with van der Waals surface area (Å²) < 4.78 is 61.3. The van der Waals surface area contributed by atoms with Crippen molar-refractivity contribution in [3.05, 3.63) is 53.9 Å². The largest absolute Gasteiger partial charge is 0.501 e. The van der Waals surface area contributed by atoms with E-state index in [1.54, 1.807) is 6.20 Å². The number of anilines is 1. The first-order valence-corrected chi connectivity index (χ1v) is 11.0. The molecule has 29 heavy (non-hydrogen) atoms. The second kappa shape index (κ2) is 6.98. The molecule has 1 saturated carbocycles. The van der Waals surface area contributed by atoms with Gasteiger partial charge in [0.15, 0.2) is 0 Å². The van der Waals surface area contributed by atoms with Gasteiger partial charge in [0.05, 0.1) is 11.6 Å². The molecule has 4 rings (SSSR count). The monoisotopic (exact) mass is 425 g/mol. The minimum absolute atomic E-state index is 0.0883. The Morgan fingerprint density at radius 3 is 2.38 bits per heavy atom. The maximum absolute atomic E-state index is 12.7. The lowest BCUT2D eigenvalue weighted by atomic mass is 10.1. The molecule has 1 aromatic carbocycles. The van der Waals surface area contributed by atoms with Gasteiger partial charge in [0.1, 0.15) is 0 Å². The van der Waals surface area contributed by atoms with Crippen molar-refractivity contribution in [1.29, 1.82) is 0 Å². The molecule has 1 saturated heterocycles. The van der Waals surface area contributed by atoms with Gasteiger partial charge >= 0.3 is 5.51 Å². The van der Waals surface area contributed by atoms with Crippen molar-refractivity contribution >= 4 is 15.5 Å². The van der Waals surface area contributed by atoms with E-state index in [0.717, 1.165) is 50.2 Å². The Labute approximate surface area is 168 Å². The molecule has 0 atom stereocenters. The van der Waals surface area contributed by atoms with E-state index in [4.69, 9.17) is 0 Å². The third-order valence-corrected chi connectivity index (χ3v) is 7.39. The summed E-state index contributed by atoms with van der Waals surface area (Å²) >= 11 is 0. The Balaban J connectivity index is 1.53. The number of rotatable bonds is 5. The summed E-state index contributed by atoms with van der Waals surface area (Å²) in [6.07, 6.45) is 6.75. The van der Waals surface area contributed by atoms with E-state index in [-0.39, 0.29) is 5.54 Å². The number of sulfone groups is 1. The molecule has 0 N–H and O–H groups in total. The fourth-order valence-corrected chi connectivity index (χ4v) is 4.74. The third kappa shape index (κ3) is 3.61. The van der Waals surface area contributed by atoms with Crippen LogP contribution in [0.15, 0.2) is 47.6 Å². The first kappa shape index (κ1) is 20.2. The third-order valence-electron chi connectivity index (χ3n) is 5.89. The molecule has 0 amide bonds. The summed E-state index contributed by atoms with van der Waals surface area (Å²) in [6.45, 7) is 4.32. The lowest BCUT2D eigenvalue weighted by molar-refractivity contribution is -0.0436. The van der Waals surface area contributed by atoms with Gasteiger partial charge < -0.3 is 4.90 Å². The number of aryl methyl sites for hydroxylation is 1. The standard InChI is InChI=1S/C20H22F3N3O2S/c1-2-15-11-24-10-7-16(15)12-26-14-25(13-19(26)8-9-19)17-3-5-18(6-4-17)29(27,28)20(21,22)23/h3-7,10-11H,2,8-9,12-14H2,1H3. The van der Waals surface area contributed by atoms with Crippen molar-refractivity contribution in [2.75, 3.05) is 18.1 Å². The Hall–Kier alpha value is -2.13. The van der Waals surface area contributed by atoms with Crippen molar-refractivity contribution in [3.8, 4) is 0 Å². The number of hydrogen-bond acceptors (Lipinski definition) is 5.